The summed E-state index contributed by atoms with van der Waals surface area (Å²) in [5, 5.41) is 15.7. The van der Waals surface area contributed by atoms with E-state index in [9.17, 15) is 9.59 Å². The zero-order valence-corrected chi connectivity index (χ0v) is 21.3. The van der Waals surface area contributed by atoms with Crippen LogP contribution in [0.15, 0.2) is 46.0 Å². The van der Waals surface area contributed by atoms with Crippen LogP contribution < -0.4 is 10.6 Å². The Kier molecular flexibility index (Phi) is 8.84. The first-order valence-electron chi connectivity index (χ1n) is 9.31. The largest absolute Gasteiger partial charge is 0.345 e. The second-order valence-corrected chi connectivity index (χ2v) is 9.46. The molecule has 0 aliphatic heterocycles. The van der Waals surface area contributed by atoms with Gasteiger partial charge in [-0.2, -0.15) is 0 Å². The number of halogens is 4. The molecule has 0 atom stereocenters. The normalized spacial score (nSPS) is 10.8. The highest BCUT2D eigenvalue weighted by Crippen LogP contribution is 2.26. The van der Waals surface area contributed by atoms with E-state index in [4.69, 9.17) is 34.8 Å². The molecule has 0 bridgehead atoms. The van der Waals surface area contributed by atoms with Gasteiger partial charge in [0.1, 0.15) is 0 Å². The molecule has 1 aromatic heterocycles. The van der Waals surface area contributed by atoms with Crippen LogP contribution in [0.4, 0.5) is 5.69 Å². The minimum absolute atomic E-state index is 0.137. The molecule has 0 aliphatic carbocycles. The highest BCUT2D eigenvalue weighted by molar-refractivity contribution is 9.10. The Morgan fingerprint density at radius 2 is 1.88 bits per heavy atom. The lowest BCUT2D eigenvalue weighted by atomic mass is 10.2. The fourth-order valence-electron chi connectivity index (χ4n) is 2.70. The standard InChI is InChI=1S/C20H17BrCl3N5O2S/c1-2-29-17(9-25-19(31)13-5-3-11(22)7-15(13)23)27-28-20(29)32-10-18(30)26-12-4-6-14(21)16(24)8-12/h3-8H,2,9-10H2,1H3,(H,25,31)(H,26,30). The third-order valence-corrected chi connectivity index (χ3v) is 6.98. The lowest BCUT2D eigenvalue weighted by Crippen LogP contribution is -2.25. The van der Waals surface area contributed by atoms with Gasteiger partial charge in [-0.25, -0.2) is 0 Å². The summed E-state index contributed by atoms with van der Waals surface area (Å²) in [7, 11) is 0. The number of carbonyl (C=O) groups excluding carboxylic acids is 2. The molecule has 168 valence electrons. The van der Waals surface area contributed by atoms with Crippen molar-refractivity contribution in [1.82, 2.24) is 20.1 Å². The number of thioether (sulfide) groups is 1. The minimum atomic E-state index is -0.348. The number of anilines is 1. The lowest BCUT2D eigenvalue weighted by molar-refractivity contribution is -0.113. The zero-order valence-electron chi connectivity index (χ0n) is 16.7. The van der Waals surface area contributed by atoms with E-state index in [1.807, 2.05) is 11.5 Å². The summed E-state index contributed by atoms with van der Waals surface area (Å²) in [4.78, 5) is 24.7. The van der Waals surface area contributed by atoms with Crippen molar-refractivity contribution in [3.63, 3.8) is 0 Å². The van der Waals surface area contributed by atoms with Crippen LogP contribution in [0.5, 0.6) is 0 Å². The van der Waals surface area contributed by atoms with Crippen molar-refractivity contribution in [2.75, 3.05) is 11.1 Å². The third kappa shape index (κ3) is 6.39. The van der Waals surface area contributed by atoms with Crippen molar-refractivity contribution in [2.24, 2.45) is 0 Å². The van der Waals surface area contributed by atoms with Gasteiger partial charge in [-0.1, -0.05) is 46.6 Å². The molecule has 0 spiro atoms. The highest BCUT2D eigenvalue weighted by Gasteiger charge is 2.16. The van der Waals surface area contributed by atoms with Crippen LogP contribution in [-0.2, 0) is 17.9 Å². The summed E-state index contributed by atoms with van der Waals surface area (Å²) in [5.74, 6) is 0.150. The van der Waals surface area contributed by atoms with E-state index in [1.165, 1.54) is 17.8 Å². The predicted molar refractivity (Wildman–Crippen MR) is 132 cm³/mol. The Hall–Kier alpha value is -1.78. The molecule has 0 saturated heterocycles. The van der Waals surface area contributed by atoms with Crippen LogP contribution in [0, 0.1) is 0 Å². The first kappa shape index (κ1) is 24.9. The fourth-order valence-corrected chi connectivity index (χ4v) is 4.45. The number of hydrogen-bond donors (Lipinski definition) is 2. The summed E-state index contributed by atoms with van der Waals surface area (Å²) in [6, 6.07) is 9.84. The Labute approximate surface area is 212 Å². The number of nitrogens with zero attached hydrogens (tertiary/aromatic N) is 3. The molecule has 0 saturated carbocycles. The van der Waals surface area contributed by atoms with Crippen LogP contribution in [0.3, 0.4) is 0 Å². The summed E-state index contributed by atoms with van der Waals surface area (Å²) >= 11 is 22.6. The van der Waals surface area contributed by atoms with Gasteiger partial charge in [-0.05, 0) is 59.3 Å². The number of benzene rings is 2. The van der Waals surface area contributed by atoms with Crippen LogP contribution in [0.2, 0.25) is 15.1 Å². The molecule has 12 heteroatoms. The molecule has 0 aliphatic rings. The average Bonchev–Trinajstić information content (AvgIpc) is 3.15. The molecule has 2 N–H and O–H groups in total. The van der Waals surface area contributed by atoms with Crippen molar-refractivity contribution in [1.29, 1.82) is 0 Å². The number of carbonyl (C=O) groups is 2. The van der Waals surface area contributed by atoms with E-state index in [-0.39, 0.29) is 29.1 Å². The average molecular weight is 578 g/mol. The summed E-state index contributed by atoms with van der Waals surface area (Å²) < 4.78 is 2.58. The second kappa shape index (κ2) is 11.4. The molecule has 3 rings (SSSR count). The van der Waals surface area contributed by atoms with Crippen LogP contribution >= 0.6 is 62.5 Å². The van der Waals surface area contributed by atoms with Crippen molar-refractivity contribution in [3.8, 4) is 0 Å². The first-order valence-corrected chi connectivity index (χ1v) is 12.2. The Balaban J connectivity index is 1.58. The Bertz CT molecular complexity index is 1160. The molecule has 2 aromatic carbocycles. The topological polar surface area (TPSA) is 88.9 Å². The second-order valence-electron chi connectivity index (χ2n) is 6.42. The number of aromatic nitrogens is 3. The number of nitrogens with one attached hydrogen (secondary N) is 2. The number of hydrogen-bond acceptors (Lipinski definition) is 5. The van der Waals surface area contributed by atoms with E-state index in [0.29, 0.717) is 38.8 Å². The van der Waals surface area contributed by atoms with Gasteiger partial charge in [-0.3, -0.25) is 9.59 Å². The maximum Gasteiger partial charge on any atom is 0.253 e. The van der Waals surface area contributed by atoms with Crippen molar-refractivity contribution >= 4 is 80.0 Å². The van der Waals surface area contributed by atoms with E-state index in [0.717, 1.165) is 4.47 Å². The summed E-state index contributed by atoms with van der Waals surface area (Å²) in [6.45, 7) is 2.66. The molecular weight excluding hydrogens is 561 g/mol. The monoisotopic (exact) mass is 575 g/mol. The highest BCUT2D eigenvalue weighted by atomic mass is 79.9. The molecule has 32 heavy (non-hydrogen) atoms. The van der Waals surface area contributed by atoms with Crippen LogP contribution in [-0.4, -0.2) is 32.3 Å². The van der Waals surface area contributed by atoms with Crippen LogP contribution in [0.25, 0.3) is 0 Å². The van der Waals surface area contributed by atoms with Crippen molar-refractivity contribution < 1.29 is 9.59 Å². The Morgan fingerprint density at radius 3 is 2.56 bits per heavy atom. The van der Waals surface area contributed by atoms with Gasteiger partial charge in [0.05, 0.1) is 27.9 Å². The molecule has 2 amide bonds. The summed E-state index contributed by atoms with van der Waals surface area (Å²) in [6.07, 6.45) is 0. The molecule has 3 aromatic rings. The van der Waals surface area contributed by atoms with E-state index < -0.39 is 0 Å². The summed E-state index contributed by atoms with van der Waals surface area (Å²) in [5.41, 5.74) is 0.919. The fraction of sp³-hybridized carbons (Fsp3) is 0.200. The zero-order chi connectivity index (χ0) is 23.3. The first-order chi connectivity index (χ1) is 15.3. The van der Waals surface area contributed by atoms with Gasteiger partial charge in [0.2, 0.25) is 5.91 Å². The predicted octanol–water partition coefficient (Wildman–Crippen LogP) is 5.68. The molecular formula is C20H17BrCl3N5O2S. The van der Waals surface area contributed by atoms with Gasteiger partial charge >= 0.3 is 0 Å². The molecule has 0 radical (unpaired) electrons. The lowest BCUT2D eigenvalue weighted by Gasteiger charge is -2.10. The van der Waals surface area contributed by atoms with Gasteiger partial charge in [0.25, 0.3) is 5.91 Å². The molecule has 7 nitrogen and oxygen atoms in total. The van der Waals surface area contributed by atoms with Gasteiger partial charge < -0.3 is 15.2 Å². The van der Waals surface area contributed by atoms with Gasteiger partial charge in [0.15, 0.2) is 11.0 Å². The van der Waals surface area contributed by atoms with E-state index in [1.54, 1.807) is 30.3 Å². The van der Waals surface area contributed by atoms with Gasteiger partial charge in [-0.15, -0.1) is 10.2 Å². The Morgan fingerprint density at radius 1 is 1.09 bits per heavy atom. The van der Waals surface area contributed by atoms with Crippen molar-refractivity contribution in [3.05, 3.63) is 67.3 Å². The maximum atomic E-state index is 12.4. The third-order valence-electron chi connectivity index (χ3n) is 4.23. The molecule has 0 unspecified atom stereocenters. The van der Waals surface area contributed by atoms with E-state index in [2.05, 4.69) is 36.8 Å². The molecule has 1 heterocycles. The smallest absolute Gasteiger partial charge is 0.253 e. The molecule has 0 fully saturated rings. The van der Waals surface area contributed by atoms with Gasteiger partial charge in [0, 0.05) is 21.7 Å². The number of rotatable bonds is 8. The van der Waals surface area contributed by atoms with Crippen molar-refractivity contribution in [2.45, 2.75) is 25.2 Å². The SMILES string of the molecule is CCn1c(CNC(=O)c2ccc(Cl)cc2Cl)nnc1SCC(=O)Nc1ccc(Br)c(Cl)c1. The van der Waals surface area contributed by atoms with E-state index >= 15 is 0 Å². The minimum Gasteiger partial charge on any atom is -0.345 e. The number of amides is 2. The van der Waals surface area contributed by atoms with Crippen LogP contribution in [0.1, 0.15) is 23.1 Å². The maximum absolute atomic E-state index is 12.4. The quantitative estimate of drug-likeness (QED) is 0.336.